The number of pyridine rings is 1. The highest BCUT2D eigenvalue weighted by Gasteiger charge is 2.28. The Kier molecular flexibility index (Phi) is 3.33. The van der Waals surface area contributed by atoms with E-state index in [1.54, 1.807) is 0 Å². The minimum absolute atomic E-state index is 0.378. The van der Waals surface area contributed by atoms with E-state index in [0.717, 1.165) is 0 Å². The third-order valence-electron chi connectivity index (χ3n) is 1.62. The standard InChI is InChI=1S/C7H3ClF2N2O4/c8-6(14)4-5(13)2(7(9)10)1-3(11-4)12(15)16/h1,7,13H. The first-order valence-electron chi connectivity index (χ1n) is 3.71. The highest BCUT2D eigenvalue weighted by atomic mass is 35.5. The smallest absolute Gasteiger partial charge is 0.365 e. The molecule has 0 aliphatic carbocycles. The van der Waals surface area contributed by atoms with Crippen LogP contribution in [0.2, 0.25) is 0 Å². The molecule has 0 fully saturated rings. The van der Waals surface area contributed by atoms with Gasteiger partial charge in [0.15, 0.2) is 5.75 Å². The number of aromatic nitrogens is 1. The topological polar surface area (TPSA) is 93.3 Å². The minimum Gasteiger partial charge on any atom is -0.503 e. The first-order chi connectivity index (χ1) is 7.34. The molecule has 0 unspecified atom stereocenters. The van der Waals surface area contributed by atoms with Crippen LogP contribution in [0.15, 0.2) is 6.07 Å². The average Bonchev–Trinajstić information content (AvgIpc) is 2.16. The lowest BCUT2D eigenvalue weighted by molar-refractivity contribution is -0.389. The predicted octanol–water partition coefficient (Wildman–Crippen LogP) is 2.01. The molecule has 6 nitrogen and oxygen atoms in total. The van der Waals surface area contributed by atoms with Crippen molar-refractivity contribution in [2.75, 3.05) is 0 Å². The Bertz CT molecular complexity index is 466. The first kappa shape index (κ1) is 12.2. The molecule has 0 radical (unpaired) electrons. The maximum absolute atomic E-state index is 12.3. The normalized spacial score (nSPS) is 10.5. The second-order valence-corrected chi connectivity index (χ2v) is 2.94. The van der Waals surface area contributed by atoms with Gasteiger partial charge in [0.2, 0.25) is 0 Å². The van der Waals surface area contributed by atoms with E-state index in [0.29, 0.717) is 6.07 Å². The molecule has 0 bridgehead atoms. The van der Waals surface area contributed by atoms with E-state index in [1.807, 2.05) is 0 Å². The van der Waals surface area contributed by atoms with E-state index in [9.17, 15) is 23.7 Å². The summed E-state index contributed by atoms with van der Waals surface area (Å²) in [4.78, 5) is 23.0. The van der Waals surface area contributed by atoms with Crippen LogP contribution < -0.4 is 0 Å². The van der Waals surface area contributed by atoms with Crippen molar-refractivity contribution < 1.29 is 23.6 Å². The van der Waals surface area contributed by atoms with E-state index in [1.165, 1.54) is 0 Å². The molecule has 1 heterocycles. The number of rotatable bonds is 3. The second-order valence-electron chi connectivity index (χ2n) is 2.60. The monoisotopic (exact) mass is 252 g/mol. The summed E-state index contributed by atoms with van der Waals surface area (Å²) in [5, 5.41) is 18.1. The highest BCUT2D eigenvalue weighted by molar-refractivity contribution is 6.67. The summed E-state index contributed by atoms with van der Waals surface area (Å²) in [5.74, 6) is -2.14. The summed E-state index contributed by atoms with van der Waals surface area (Å²) in [7, 11) is 0. The van der Waals surface area contributed by atoms with Crippen molar-refractivity contribution >= 4 is 22.7 Å². The van der Waals surface area contributed by atoms with Crippen molar-refractivity contribution in [1.82, 2.24) is 4.98 Å². The Morgan fingerprint density at radius 3 is 2.56 bits per heavy atom. The Hall–Kier alpha value is -1.83. The van der Waals surface area contributed by atoms with Gasteiger partial charge in [-0.2, -0.15) is 0 Å². The van der Waals surface area contributed by atoms with Gasteiger partial charge in [-0.05, 0) is 21.5 Å². The molecule has 0 aromatic carbocycles. The van der Waals surface area contributed by atoms with Crippen molar-refractivity contribution in [3.63, 3.8) is 0 Å². The van der Waals surface area contributed by atoms with Crippen LogP contribution >= 0.6 is 11.6 Å². The van der Waals surface area contributed by atoms with Crippen molar-refractivity contribution in [3.8, 4) is 5.75 Å². The number of carbonyl (C=O) groups is 1. The van der Waals surface area contributed by atoms with Crippen LogP contribution in [-0.4, -0.2) is 20.3 Å². The summed E-state index contributed by atoms with van der Waals surface area (Å²) in [6.45, 7) is 0. The lowest BCUT2D eigenvalue weighted by atomic mass is 10.2. The van der Waals surface area contributed by atoms with Crippen LogP contribution in [0.3, 0.4) is 0 Å². The van der Waals surface area contributed by atoms with Crippen molar-refractivity contribution in [3.05, 3.63) is 27.4 Å². The number of nitrogens with zero attached hydrogens (tertiary/aromatic N) is 2. The third kappa shape index (κ3) is 2.22. The molecule has 0 aliphatic rings. The average molecular weight is 253 g/mol. The zero-order valence-corrected chi connectivity index (χ0v) is 8.11. The number of aromatic hydroxyl groups is 1. The van der Waals surface area contributed by atoms with E-state index < -0.39 is 39.4 Å². The Labute approximate surface area is 91.6 Å². The summed E-state index contributed by atoms with van der Waals surface area (Å²) in [5.41, 5.74) is -2.03. The maximum atomic E-state index is 12.3. The number of carbonyl (C=O) groups excluding carboxylic acids is 1. The number of alkyl halides is 2. The summed E-state index contributed by atoms with van der Waals surface area (Å²) < 4.78 is 24.7. The summed E-state index contributed by atoms with van der Waals surface area (Å²) >= 11 is 4.93. The number of hydrogen-bond acceptors (Lipinski definition) is 5. The van der Waals surface area contributed by atoms with Crippen molar-refractivity contribution in [2.45, 2.75) is 6.43 Å². The summed E-state index contributed by atoms with van der Waals surface area (Å²) in [6.07, 6.45) is -3.18. The third-order valence-corrected chi connectivity index (χ3v) is 1.80. The molecule has 16 heavy (non-hydrogen) atoms. The SMILES string of the molecule is O=C(Cl)c1nc([N+](=O)[O-])cc(C(F)F)c1O. The molecular weight excluding hydrogens is 250 g/mol. The zero-order chi connectivity index (χ0) is 12.5. The molecule has 0 aliphatic heterocycles. The molecule has 9 heteroatoms. The van der Waals surface area contributed by atoms with Gasteiger partial charge in [0, 0.05) is 6.07 Å². The molecule has 86 valence electrons. The van der Waals surface area contributed by atoms with Gasteiger partial charge < -0.3 is 15.2 Å². The Morgan fingerprint density at radius 2 is 2.19 bits per heavy atom. The fourth-order valence-electron chi connectivity index (χ4n) is 0.941. The molecule has 0 spiro atoms. The van der Waals surface area contributed by atoms with Crippen LogP contribution in [0.25, 0.3) is 0 Å². The molecule has 0 saturated carbocycles. The predicted molar refractivity (Wildman–Crippen MR) is 47.7 cm³/mol. The van der Waals surface area contributed by atoms with Gasteiger partial charge in [-0.1, -0.05) is 0 Å². The quantitative estimate of drug-likeness (QED) is 0.504. The fraction of sp³-hybridized carbons (Fsp3) is 0.143. The second kappa shape index (κ2) is 4.35. The first-order valence-corrected chi connectivity index (χ1v) is 4.08. The Morgan fingerprint density at radius 1 is 1.62 bits per heavy atom. The lowest BCUT2D eigenvalue weighted by Gasteiger charge is -2.03. The summed E-state index contributed by atoms with van der Waals surface area (Å²) in [6, 6.07) is 0.378. The zero-order valence-electron chi connectivity index (χ0n) is 7.35. The molecule has 0 atom stereocenters. The molecule has 1 aromatic rings. The molecule has 0 amide bonds. The van der Waals surface area contributed by atoms with Crippen LogP contribution in [0.1, 0.15) is 22.5 Å². The van der Waals surface area contributed by atoms with Crippen LogP contribution in [0.4, 0.5) is 14.6 Å². The van der Waals surface area contributed by atoms with E-state index in [-0.39, 0.29) is 0 Å². The largest absolute Gasteiger partial charge is 0.503 e. The van der Waals surface area contributed by atoms with Crippen LogP contribution in [0, 0.1) is 10.1 Å². The van der Waals surface area contributed by atoms with Crippen molar-refractivity contribution in [2.24, 2.45) is 0 Å². The highest BCUT2D eigenvalue weighted by Crippen LogP contribution is 2.33. The molecule has 1 rings (SSSR count). The minimum atomic E-state index is -3.18. The van der Waals surface area contributed by atoms with E-state index in [4.69, 9.17) is 16.7 Å². The van der Waals surface area contributed by atoms with Gasteiger partial charge in [-0.25, -0.2) is 8.78 Å². The van der Waals surface area contributed by atoms with E-state index >= 15 is 0 Å². The molecule has 0 saturated heterocycles. The fourth-order valence-corrected chi connectivity index (χ4v) is 1.07. The van der Waals surface area contributed by atoms with Gasteiger partial charge in [0.25, 0.3) is 17.4 Å². The number of hydrogen-bond donors (Lipinski definition) is 1. The maximum Gasteiger partial charge on any atom is 0.365 e. The van der Waals surface area contributed by atoms with Gasteiger partial charge in [0.05, 0.1) is 5.56 Å². The van der Waals surface area contributed by atoms with Gasteiger partial charge >= 0.3 is 5.82 Å². The van der Waals surface area contributed by atoms with Crippen molar-refractivity contribution in [1.29, 1.82) is 0 Å². The van der Waals surface area contributed by atoms with Crippen LogP contribution in [-0.2, 0) is 0 Å². The van der Waals surface area contributed by atoms with Crippen LogP contribution in [0.5, 0.6) is 5.75 Å². The van der Waals surface area contributed by atoms with Gasteiger partial charge in [-0.3, -0.25) is 4.79 Å². The Balaban J connectivity index is 3.51. The molecular formula is C7H3ClF2N2O4. The number of nitro groups is 1. The molecule has 1 aromatic heterocycles. The van der Waals surface area contributed by atoms with E-state index in [2.05, 4.69) is 4.98 Å². The number of halogens is 3. The van der Waals surface area contributed by atoms with Gasteiger partial charge in [-0.15, -0.1) is 0 Å². The lowest BCUT2D eigenvalue weighted by Crippen LogP contribution is -2.03. The molecule has 1 N–H and O–H groups in total. The van der Waals surface area contributed by atoms with Gasteiger partial charge in [0.1, 0.15) is 0 Å².